The van der Waals surface area contributed by atoms with Crippen molar-refractivity contribution in [3.63, 3.8) is 0 Å². The number of aromatic amines is 2. The van der Waals surface area contributed by atoms with Gasteiger partial charge in [0.25, 0.3) is 0 Å². The Bertz CT molecular complexity index is 927. The lowest BCUT2D eigenvalue weighted by molar-refractivity contribution is 0.503. The zero-order chi connectivity index (χ0) is 15.4. The molecule has 0 unspecified atom stereocenters. The molecule has 0 saturated heterocycles. The van der Waals surface area contributed by atoms with E-state index in [1.165, 1.54) is 45.8 Å². The molecular weight excluding hydrogens is 280 g/mol. The standard InChI is InChI=1S/C21H20N2/c1-21(14-10-11-14,17-12-22-19-8-4-2-6-15(17)19)18-13-23-20-9-5-3-7-16(18)20/h2-9,12-14,22-23H,10-11H2,1H3. The molecule has 2 aromatic heterocycles. The Balaban J connectivity index is 1.81. The Morgan fingerprint density at radius 1 is 0.783 bits per heavy atom. The summed E-state index contributed by atoms with van der Waals surface area (Å²) < 4.78 is 0. The molecule has 0 spiro atoms. The average molecular weight is 300 g/mol. The molecule has 1 aliphatic carbocycles. The van der Waals surface area contributed by atoms with Gasteiger partial charge in [-0.15, -0.1) is 0 Å². The molecule has 4 aromatic rings. The van der Waals surface area contributed by atoms with Crippen LogP contribution in [-0.4, -0.2) is 9.97 Å². The average Bonchev–Trinajstić information content (AvgIpc) is 3.21. The number of aromatic nitrogens is 2. The molecule has 1 aliphatic rings. The molecular formula is C21H20N2. The van der Waals surface area contributed by atoms with Crippen molar-refractivity contribution in [3.05, 3.63) is 72.1 Å². The molecule has 2 nitrogen and oxygen atoms in total. The van der Waals surface area contributed by atoms with Crippen LogP contribution >= 0.6 is 0 Å². The second-order valence-corrected chi connectivity index (χ2v) is 6.97. The predicted molar refractivity (Wildman–Crippen MR) is 95.8 cm³/mol. The van der Waals surface area contributed by atoms with Crippen LogP contribution in [0.1, 0.15) is 30.9 Å². The summed E-state index contributed by atoms with van der Waals surface area (Å²) in [6, 6.07) is 17.3. The molecule has 114 valence electrons. The first-order valence-electron chi connectivity index (χ1n) is 8.41. The Morgan fingerprint density at radius 2 is 1.26 bits per heavy atom. The third kappa shape index (κ3) is 1.75. The molecule has 1 saturated carbocycles. The zero-order valence-corrected chi connectivity index (χ0v) is 13.3. The number of H-pyrrole nitrogens is 2. The Labute approximate surface area is 135 Å². The fraction of sp³-hybridized carbons (Fsp3) is 0.238. The molecule has 23 heavy (non-hydrogen) atoms. The number of fused-ring (bicyclic) bond motifs is 2. The number of rotatable bonds is 3. The van der Waals surface area contributed by atoms with Crippen molar-refractivity contribution in [2.24, 2.45) is 5.92 Å². The topological polar surface area (TPSA) is 31.6 Å². The maximum atomic E-state index is 3.48. The normalized spacial score (nSPS) is 15.5. The summed E-state index contributed by atoms with van der Waals surface area (Å²) in [6.07, 6.45) is 7.08. The smallest absolute Gasteiger partial charge is 0.0457 e. The maximum absolute atomic E-state index is 3.48. The van der Waals surface area contributed by atoms with E-state index in [-0.39, 0.29) is 5.41 Å². The highest BCUT2D eigenvalue weighted by atomic mass is 14.7. The first-order valence-corrected chi connectivity index (χ1v) is 8.41. The molecule has 0 radical (unpaired) electrons. The molecule has 0 bridgehead atoms. The van der Waals surface area contributed by atoms with Crippen LogP contribution in [-0.2, 0) is 5.41 Å². The second-order valence-electron chi connectivity index (χ2n) is 6.97. The number of hydrogen-bond donors (Lipinski definition) is 2. The van der Waals surface area contributed by atoms with E-state index in [1.54, 1.807) is 0 Å². The Hall–Kier alpha value is -2.48. The van der Waals surface area contributed by atoms with Gasteiger partial charge in [-0.2, -0.15) is 0 Å². The first kappa shape index (κ1) is 13.0. The van der Waals surface area contributed by atoms with E-state index >= 15 is 0 Å². The predicted octanol–water partition coefficient (Wildman–Crippen LogP) is 5.37. The van der Waals surface area contributed by atoms with E-state index in [2.05, 4.69) is 77.8 Å². The van der Waals surface area contributed by atoms with Gasteiger partial charge in [0.2, 0.25) is 0 Å². The number of nitrogens with one attached hydrogen (secondary N) is 2. The van der Waals surface area contributed by atoms with Crippen molar-refractivity contribution < 1.29 is 0 Å². The van der Waals surface area contributed by atoms with Gasteiger partial charge < -0.3 is 9.97 Å². The van der Waals surface area contributed by atoms with Crippen molar-refractivity contribution >= 4 is 21.8 Å². The highest BCUT2D eigenvalue weighted by Gasteiger charge is 2.46. The molecule has 0 amide bonds. The Kier molecular flexibility index (Phi) is 2.55. The summed E-state index contributed by atoms with van der Waals surface area (Å²) in [5, 5.41) is 2.71. The zero-order valence-electron chi connectivity index (χ0n) is 13.3. The summed E-state index contributed by atoms with van der Waals surface area (Å²) in [5.41, 5.74) is 5.38. The molecule has 1 fully saturated rings. The molecule has 5 rings (SSSR count). The van der Waals surface area contributed by atoms with Crippen LogP contribution in [0.4, 0.5) is 0 Å². The largest absolute Gasteiger partial charge is 0.361 e. The summed E-state index contributed by atoms with van der Waals surface area (Å²) in [5.74, 6) is 0.723. The van der Waals surface area contributed by atoms with Crippen LogP contribution in [0.5, 0.6) is 0 Å². The summed E-state index contributed by atoms with van der Waals surface area (Å²) in [6.45, 7) is 2.43. The van der Waals surface area contributed by atoms with Crippen LogP contribution < -0.4 is 0 Å². The van der Waals surface area contributed by atoms with Gasteiger partial charge in [-0.3, -0.25) is 0 Å². The van der Waals surface area contributed by atoms with E-state index in [4.69, 9.17) is 0 Å². The van der Waals surface area contributed by atoms with E-state index in [9.17, 15) is 0 Å². The SMILES string of the molecule is CC(c1c[nH]c2ccccc12)(c1c[nH]c2ccccc12)C1CC1. The fourth-order valence-corrected chi connectivity index (χ4v) is 4.25. The lowest BCUT2D eigenvalue weighted by Crippen LogP contribution is -2.25. The highest BCUT2D eigenvalue weighted by molar-refractivity contribution is 5.89. The molecule has 2 N–H and O–H groups in total. The minimum atomic E-state index is 0.0548. The third-order valence-corrected chi connectivity index (χ3v) is 5.69. The van der Waals surface area contributed by atoms with Gasteiger partial charge in [0.15, 0.2) is 0 Å². The quantitative estimate of drug-likeness (QED) is 0.510. The lowest BCUT2D eigenvalue weighted by atomic mass is 9.72. The molecule has 2 heterocycles. The molecule has 0 atom stereocenters. The number of para-hydroxylation sites is 2. The minimum Gasteiger partial charge on any atom is -0.361 e. The van der Waals surface area contributed by atoms with E-state index in [0.29, 0.717) is 0 Å². The minimum absolute atomic E-state index is 0.0548. The van der Waals surface area contributed by atoms with Gasteiger partial charge >= 0.3 is 0 Å². The van der Waals surface area contributed by atoms with Crippen molar-refractivity contribution in [1.82, 2.24) is 9.97 Å². The second kappa shape index (κ2) is 4.51. The first-order chi connectivity index (χ1) is 11.3. The lowest BCUT2D eigenvalue weighted by Gasteiger charge is -2.30. The van der Waals surface area contributed by atoms with Gasteiger partial charge in [-0.05, 0) is 42.0 Å². The van der Waals surface area contributed by atoms with E-state index in [1.807, 2.05) is 0 Å². The number of hydrogen-bond acceptors (Lipinski definition) is 0. The fourth-order valence-electron chi connectivity index (χ4n) is 4.25. The highest BCUT2D eigenvalue weighted by Crippen LogP contribution is 2.54. The molecule has 2 heteroatoms. The van der Waals surface area contributed by atoms with Gasteiger partial charge in [0.05, 0.1) is 0 Å². The monoisotopic (exact) mass is 300 g/mol. The molecule has 2 aromatic carbocycles. The Morgan fingerprint density at radius 3 is 1.74 bits per heavy atom. The van der Waals surface area contributed by atoms with Crippen molar-refractivity contribution in [1.29, 1.82) is 0 Å². The van der Waals surface area contributed by atoms with Crippen LogP contribution in [0.25, 0.3) is 21.8 Å². The van der Waals surface area contributed by atoms with Crippen LogP contribution in [0.3, 0.4) is 0 Å². The summed E-state index contributed by atoms with van der Waals surface area (Å²) >= 11 is 0. The van der Waals surface area contributed by atoms with Crippen molar-refractivity contribution in [2.75, 3.05) is 0 Å². The van der Waals surface area contributed by atoms with Gasteiger partial charge in [-0.1, -0.05) is 43.3 Å². The molecule has 0 aliphatic heterocycles. The van der Waals surface area contributed by atoms with Gasteiger partial charge in [-0.25, -0.2) is 0 Å². The third-order valence-electron chi connectivity index (χ3n) is 5.69. The van der Waals surface area contributed by atoms with Crippen molar-refractivity contribution in [2.45, 2.75) is 25.2 Å². The summed E-state index contributed by atoms with van der Waals surface area (Å²) in [4.78, 5) is 6.95. The van der Waals surface area contributed by atoms with Gasteiger partial charge in [0, 0.05) is 39.6 Å². The van der Waals surface area contributed by atoms with Gasteiger partial charge in [0.1, 0.15) is 0 Å². The van der Waals surface area contributed by atoms with E-state index in [0.717, 1.165) is 5.92 Å². The van der Waals surface area contributed by atoms with Crippen LogP contribution in [0.15, 0.2) is 60.9 Å². The maximum Gasteiger partial charge on any atom is 0.0457 e. The van der Waals surface area contributed by atoms with E-state index < -0.39 is 0 Å². The van der Waals surface area contributed by atoms with Crippen LogP contribution in [0.2, 0.25) is 0 Å². The van der Waals surface area contributed by atoms with Crippen molar-refractivity contribution in [3.8, 4) is 0 Å². The van der Waals surface area contributed by atoms with Crippen LogP contribution in [0, 0.1) is 5.92 Å². The summed E-state index contributed by atoms with van der Waals surface area (Å²) in [7, 11) is 0. The number of benzene rings is 2.